The van der Waals surface area contributed by atoms with Crippen molar-refractivity contribution in [3.8, 4) is 0 Å². The number of oxime groups is 2. The molecule has 0 spiro atoms. The average molecular weight is 647 g/mol. The summed E-state index contributed by atoms with van der Waals surface area (Å²) >= 11 is 0. The van der Waals surface area contributed by atoms with Crippen LogP contribution in [0.25, 0.3) is 0 Å². The number of hydrogen-bond acceptors (Lipinski definition) is 4. The van der Waals surface area contributed by atoms with Crippen LogP contribution in [-0.4, -0.2) is 29.1 Å². The van der Waals surface area contributed by atoms with Gasteiger partial charge in [0.05, 0.1) is 0 Å². The molecule has 0 heterocycles. The first kappa shape index (κ1) is 31.7. The van der Waals surface area contributed by atoms with Crippen molar-refractivity contribution < 1.29 is 9.05 Å². The van der Waals surface area contributed by atoms with Gasteiger partial charge in [-0.25, -0.2) is 0 Å². The molecular formula is C41H38N2O2Si2. The van der Waals surface area contributed by atoms with Gasteiger partial charge in [0.2, 0.25) is 0 Å². The van der Waals surface area contributed by atoms with Crippen LogP contribution in [0.5, 0.6) is 0 Å². The Morgan fingerprint density at radius 2 is 0.553 bits per heavy atom. The fraction of sp³-hybridized carbons (Fsp3) is 0.0732. The molecule has 0 radical (unpaired) electrons. The molecule has 47 heavy (non-hydrogen) atoms. The molecule has 6 aromatic carbocycles. The molecule has 0 aliphatic heterocycles. The summed E-state index contributed by atoms with van der Waals surface area (Å²) in [4.78, 5) is 0. The predicted molar refractivity (Wildman–Crippen MR) is 201 cm³/mol. The van der Waals surface area contributed by atoms with Gasteiger partial charge in [-0.1, -0.05) is 182 Å². The van der Waals surface area contributed by atoms with Crippen molar-refractivity contribution in [2.45, 2.75) is 19.3 Å². The van der Waals surface area contributed by atoms with Gasteiger partial charge in [0.25, 0.3) is 0 Å². The van der Waals surface area contributed by atoms with Gasteiger partial charge in [-0.3, -0.25) is 0 Å². The van der Waals surface area contributed by atoms with Gasteiger partial charge in [0, 0.05) is 12.4 Å². The molecule has 4 nitrogen and oxygen atoms in total. The number of unbranched alkanes of at least 4 members (excludes halogenated alkanes) is 2. The molecule has 6 heteroatoms. The Labute approximate surface area is 279 Å². The Morgan fingerprint density at radius 1 is 0.340 bits per heavy atom. The first-order chi connectivity index (χ1) is 23.3. The lowest BCUT2D eigenvalue weighted by Crippen LogP contribution is -2.68. The Morgan fingerprint density at radius 3 is 0.766 bits per heavy atom. The summed E-state index contributed by atoms with van der Waals surface area (Å²) in [6.45, 7) is 0. The molecule has 0 aromatic heterocycles. The van der Waals surface area contributed by atoms with Crippen LogP contribution in [0, 0.1) is 0 Å². The lowest BCUT2D eigenvalue weighted by Gasteiger charge is -2.30. The Hall–Kier alpha value is -5.31. The molecule has 0 saturated heterocycles. The molecule has 0 atom stereocenters. The van der Waals surface area contributed by atoms with Gasteiger partial charge >= 0.3 is 16.6 Å². The molecule has 6 aromatic rings. The van der Waals surface area contributed by atoms with E-state index in [4.69, 9.17) is 9.05 Å². The third kappa shape index (κ3) is 7.09. The highest BCUT2D eigenvalue weighted by Gasteiger charge is 2.45. The number of benzene rings is 6. The second-order valence-electron chi connectivity index (χ2n) is 11.2. The summed E-state index contributed by atoms with van der Waals surface area (Å²) < 4.78 is 13.3. The van der Waals surface area contributed by atoms with Crippen molar-refractivity contribution in [3.63, 3.8) is 0 Å². The SMILES string of the molecule is C(/CCC/C=N/O[Si](c1ccccc1)(c1ccccc1)c1ccccc1)=N\O[Si](c1ccccc1)(c1ccccc1)c1ccccc1. The normalized spacial score (nSPS) is 11.9. The maximum Gasteiger partial charge on any atom is 0.380 e. The van der Waals surface area contributed by atoms with Crippen molar-refractivity contribution in [1.82, 2.24) is 0 Å². The zero-order chi connectivity index (χ0) is 32.0. The van der Waals surface area contributed by atoms with Gasteiger partial charge in [-0.05, 0) is 50.4 Å². The summed E-state index contributed by atoms with van der Waals surface area (Å²) in [7, 11) is -5.72. The van der Waals surface area contributed by atoms with E-state index in [1.165, 1.54) is 0 Å². The van der Waals surface area contributed by atoms with E-state index in [2.05, 4.69) is 156 Å². The van der Waals surface area contributed by atoms with E-state index in [9.17, 15) is 0 Å². The third-order valence-corrected chi connectivity index (χ3v) is 15.9. The fourth-order valence-electron chi connectivity index (χ4n) is 5.99. The van der Waals surface area contributed by atoms with Crippen LogP contribution >= 0.6 is 0 Å². The van der Waals surface area contributed by atoms with Crippen LogP contribution < -0.4 is 31.1 Å². The average Bonchev–Trinajstić information content (AvgIpc) is 3.16. The van der Waals surface area contributed by atoms with E-state index < -0.39 is 16.6 Å². The molecule has 6 rings (SSSR count). The van der Waals surface area contributed by atoms with Crippen LogP contribution in [0.15, 0.2) is 192 Å². The van der Waals surface area contributed by atoms with Crippen LogP contribution in [0.3, 0.4) is 0 Å². The fourth-order valence-corrected chi connectivity index (χ4v) is 13.1. The van der Waals surface area contributed by atoms with Crippen molar-refractivity contribution in [2.24, 2.45) is 10.3 Å². The lowest BCUT2D eigenvalue weighted by atomic mass is 10.3. The lowest BCUT2D eigenvalue weighted by molar-refractivity contribution is 0.349. The van der Waals surface area contributed by atoms with Gasteiger partial charge in [-0.2, -0.15) is 0 Å². The van der Waals surface area contributed by atoms with Crippen LogP contribution in [0.4, 0.5) is 0 Å². The highest BCUT2D eigenvalue weighted by atomic mass is 28.4. The smallest absolute Gasteiger partial charge is 0.380 e. The molecule has 0 unspecified atom stereocenters. The first-order valence-electron chi connectivity index (χ1n) is 16.1. The van der Waals surface area contributed by atoms with Gasteiger partial charge in [-0.15, -0.1) is 10.3 Å². The molecule has 0 aliphatic rings. The maximum atomic E-state index is 6.66. The van der Waals surface area contributed by atoms with E-state index >= 15 is 0 Å². The minimum absolute atomic E-state index is 0.757. The van der Waals surface area contributed by atoms with E-state index in [0.29, 0.717) is 0 Å². The highest BCUT2D eigenvalue weighted by molar-refractivity contribution is 7.07. The molecule has 232 valence electrons. The molecule has 0 aliphatic carbocycles. The highest BCUT2D eigenvalue weighted by Crippen LogP contribution is 2.12. The first-order valence-corrected chi connectivity index (χ1v) is 19.9. The topological polar surface area (TPSA) is 43.2 Å². The van der Waals surface area contributed by atoms with E-state index in [1.54, 1.807) is 0 Å². The summed E-state index contributed by atoms with van der Waals surface area (Å²) in [5.41, 5.74) is 0. The monoisotopic (exact) mass is 646 g/mol. The van der Waals surface area contributed by atoms with Crippen LogP contribution in [0.2, 0.25) is 0 Å². The zero-order valence-electron chi connectivity index (χ0n) is 26.3. The maximum absolute atomic E-state index is 6.66. The molecule has 0 bridgehead atoms. The van der Waals surface area contributed by atoms with Crippen molar-refractivity contribution in [3.05, 3.63) is 182 Å². The summed E-state index contributed by atoms with van der Waals surface area (Å²) in [6, 6.07) is 63.0. The number of rotatable bonds is 14. The van der Waals surface area contributed by atoms with Gasteiger partial charge in [0.1, 0.15) is 0 Å². The van der Waals surface area contributed by atoms with Gasteiger partial charge in [0.15, 0.2) is 0 Å². The minimum atomic E-state index is -2.86. The second-order valence-corrected chi connectivity index (χ2v) is 17.8. The summed E-state index contributed by atoms with van der Waals surface area (Å²) in [6.07, 6.45) is 6.16. The zero-order valence-corrected chi connectivity index (χ0v) is 28.3. The van der Waals surface area contributed by atoms with Crippen molar-refractivity contribution in [2.75, 3.05) is 0 Å². The third-order valence-electron chi connectivity index (χ3n) is 8.28. The van der Waals surface area contributed by atoms with Crippen molar-refractivity contribution >= 4 is 60.2 Å². The van der Waals surface area contributed by atoms with E-state index in [0.717, 1.165) is 50.4 Å². The van der Waals surface area contributed by atoms with Crippen LogP contribution in [-0.2, 0) is 9.05 Å². The van der Waals surface area contributed by atoms with Gasteiger partial charge < -0.3 is 9.05 Å². The van der Waals surface area contributed by atoms with Crippen LogP contribution in [0.1, 0.15) is 19.3 Å². The number of nitrogens with zero attached hydrogens (tertiary/aromatic N) is 2. The summed E-state index contributed by atoms with van der Waals surface area (Å²) in [5, 5.41) is 16.2. The van der Waals surface area contributed by atoms with E-state index in [1.807, 2.05) is 48.8 Å². The van der Waals surface area contributed by atoms with Crippen molar-refractivity contribution in [1.29, 1.82) is 0 Å². The molecular weight excluding hydrogens is 609 g/mol. The number of hydrogen-bond donors (Lipinski definition) is 0. The van der Waals surface area contributed by atoms with E-state index in [-0.39, 0.29) is 0 Å². The Bertz CT molecular complexity index is 1510. The minimum Gasteiger partial charge on any atom is -0.438 e. The largest absolute Gasteiger partial charge is 0.438 e. The predicted octanol–water partition coefficient (Wildman–Crippen LogP) is 5.50. The Balaban J connectivity index is 1.17. The standard InChI is InChI=1S/C41H38N2O2Si2/c1-8-22-36(23-9-1)46(37-24-10-2-11-25-37,38-26-12-3-13-27-38)44-42-34-20-7-21-35-43-45-47(39-28-14-4-15-29-39,40-30-16-5-17-31-40)41-32-18-6-19-33-41/h1-6,8-19,22-35H,7,20-21H2/b42-34+,43-35+. The molecule has 0 fully saturated rings. The summed E-state index contributed by atoms with van der Waals surface area (Å²) in [5.74, 6) is 0. The molecule has 0 N–H and O–H groups in total. The second kappa shape index (κ2) is 15.8. The Kier molecular flexibility index (Phi) is 10.6. The molecule has 0 saturated carbocycles. The molecule has 0 amide bonds. The quantitative estimate of drug-likeness (QED) is 0.0516.